The topological polar surface area (TPSA) is 0 Å². The minimum atomic E-state index is 0.170. The Labute approximate surface area is 244 Å². The molecule has 39 heavy (non-hydrogen) atoms. The lowest BCUT2D eigenvalue weighted by molar-refractivity contribution is 0.407. The monoisotopic (exact) mass is 528 g/mol. The number of allylic oxidation sites excluding steroid dienone is 6. The zero-order valence-electron chi connectivity index (χ0n) is 27.7. The van der Waals surface area contributed by atoms with Crippen LogP contribution in [0.4, 0.5) is 0 Å². The predicted octanol–water partition coefficient (Wildman–Crippen LogP) is 12.6. The van der Waals surface area contributed by atoms with Gasteiger partial charge in [-0.05, 0) is 82.4 Å². The normalized spacial score (nSPS) is 12.4. The molecule has 1 aliphatic carbocycles. The van der Waals surface area contributed by atoms with Crippen LogP contribution in [-0.4, -0.2) is 0 Å². The molecular weight excluding hydrogens is 468 g/mol. The van der Waals surface area contributed by atoms with Crippen molar-refractivity contribution in [1.29, 1.82) is 0 Å². The van der Waals surface area contributed by atoms with E-state index in [4.69, 9.17) is 0 Å². The third-order valence-electron chi connectivity index (χ3n) is 6.24. The molecule has 2 aromatic rings. The maximum Gasteiger partial charge on any atom is -0.00138 e. The van der Waals surface area contributed by atoms with Crippen molar-refractivity contribution in [3.05, 3.63) is 107 Å². The molecule has 216 valence electrons. The molecular formula is C39H60. The van der Waals surface area contributed by atoms with E-state index in [0.717, 1.165) is 25.7 Å². The number of benzene rings is 2. The summed E-state index contributed by atoms with van der Waals surface area (Å²) < 4.78 is 0. The summed E-state index contributed by atoms with van der Waals surface area (Å²) in [6.45, 7) is 33.6. The molecule has 0 nitrogen and oxygen atoms in total. The second kappa shape index (κ2) is 17.9. The number of aryl methyl sites for hydroxylation is 1. The molecule has 0 heteroatoms. The van der Waals surface area contributed by atoms with Gasteiger partial charge in [-0.15, -0.1) is 6.58 Å². The van der Waals surface area contributed by atoms with Gasteiger partial charge in [0.05, 0.1) is 0 Å². The maximum atomic E-state index is 4.38. The van der Waals surface area contributed by atoms with E-state index in [9.17, 15) is 0 Å². The van der Waals surface area contributed by atoms with Crippen LogP contribution in [0.15, 0.2) is 79.4 Å². The van der Waals surface area contributed by atoms with Gasteiger partial charge in [-0.25, -0.2) is 0 Å². The van der Waals surface area contributed by atoms with Gasteiger partial charge in [-0.3, -0.25) is 0 Å². The van der Waals surface area contributed by atoms with Crippen LogP contribution in [-0.2, 0) is 18.3 Å². The largest absolute Gasteiger partial charge is 0.103 e. The SMILES string of the molecule is C=C(Cc1ccc(CCC)c(C2=CC=C(c3cccc(C(C)(C)C)c3)C2)c1)CC(C)(C)C.C=CC.CC.CC. The Morgan fingerprint density at radius 1 is 0.872 bits per heavy atom. The molecule has 0 spiro atoms. The standard InChI is InChI=1S/C32H42.C3H6.2C2H6/c1-9-11-25-15-14-24(18-23(2)22-31(3,4)5)19-30(25)28-17-16-27(20-28)26-12-10-13-29(21-26)32(6,7)8;1-3-2;2*1-2/h10,12-17,19,21H,2,9,11,18,20,22H2,1,3-8H3;3H,1H2,2H3;2*1-2H3. The molecule has 0 radical (unpaired) electrons. The highest BCUT2D eigenvalue weighted by Gasteiger charge is 2.19. The van der Waals surface area contributed by atoms with E-state index in [0.29, 0.717) is 0 Å². The van der Waals surface area contributed by atoms with Crippen LogP contribution >= 0.6 is 0 Å². The molecule has 0 fully saturated rings. The summed E-state index contributed by atoms with van der Waals surface area (Å²) in [6.07, 6.45) is 11.8. The summed E-state index contributed by atoms with van der Waals surface area (Å²) in [4.78, 5) is 0. The minimum absolute atomic E-state index is 0.170. The first-order chi connectivity index (χ1) is 18.4. The second-order valence-electron chi connectivity index (χ2n) is 12.2. The summed E-state index contributed by atoms with van der Waals surface area (Å²) in [5.41, 5.74) is 11.7. The zero-order valence-corrected chi connectivity index (χ0v) is 27.7. The molecule has 0 unspecified atom stereocenters. The van der Waals surface area contributed by atoms with Crippen molar-refractivity contribution in [1.82, 2.24) is 0 Å². The average Bonchev–Trinajstić information content (AvgIpc) is 3.37. The number of hydrogen-bond acceptors (Lipinski definition) is 0. The van der Waals surface area contributed by atoms with Gasteiger partial charge in [0.1, 0.15) is 0 Å². The highest BCUT2D eigenvalue weighted by molar-refractivity contribution is 5.87. The highest BCUT2D eigenvalue weighted by Crippen LogP contribution is 2.37. The molecule has 0 amide bonds. The molecule has 0 saturated carbocycles. The first-order valence-electron chi connectivity index (χ1n) is 15.2. The molecule has 0 saturated heterocycles. The first kappa shape index (κ1) is 36.4. The van der Waals surface area contributed by atoms with E-state index in [1.807, 2.05) is 34.6 Å². The van der Waals surface area contributed by atoms with Crippen molar-refractivity contribution in [2.24, 2.45) is 5.41 Å². The van der Waals surface area contributed by atoms with Gasteiger partial charge in [0.15, 0.2) is 0 Å². The van der Waals surface area contributed by atoms with Gasteiger partial charge >= 0.3 is 0 Å². The van der Waals surface area contributed by atoms with Crippen molar-refractivity contribution in [3.63, 3.8) is 0 Å². The Kier molecular flexibility index (Phi) is 16.7. The third-order valence-corrected chi connectivity index (χ3v) is 6.24. The van der Waals surface area contributed by atoms with E-state index < -0.39 is 0 Å². The molecule has 3 rings (SSSR count). The lowest BCUT2D eigenvalue weighted by atomic mass is 9.84. The van der Waals surface area contributed by atoms with Crippen molar-refractivity contribution < 1.29 is 0 Å². The van der Waals surface area contributed by atoms with E-state index >= 15 is 0 Å². The highest BCUT2D eigenvalue weighted by atomic mass is 14.2. The summed E-state index contributed by atoms with van der Waals surface area (Å²) >= 11 is 0. The van der Waals surface area contributed by atoms with Crippen LogP contribution in [0.1, 0.15) is 130 Å². The van der Waals surface area contributed by atoms with Crippen molar-refractivity contribution in [3.8, 4) is 0 Å². The fraction of sp³-hybridized carbons (Fsp3) is 0.487. The van der Waals surface area contributed by atoms with Crippen molar-refractivity contribution >= 4 is 11.1 Å². The summed E-state index contributed by atoms with van der Waals surface area (Å²) in [5.74, 6) is 0. The Bertz CT molecular complexity index is 1070. The van der Waals surface area contributed by atoms with Crippen LogP contribution in [0.3, 0.4) is 0 Å². The van der Waals surface area contributed by atoms with Gasteiger partial charge in [0, 0.05) is 0 Å². The van der Waals surface area contributed by atoms with Gasteiger partial charge in [0.2, 0.25) is 0 Å². The molecule has 0 N–H and O–H groups in total. The van der Waals surface area contributed by atoms with E-state index in [-0.39, 0.29) is 10.8 Å². The number of hydrogen-bond donors (Lipinski definition) is 0. The summed E-state index contributed by atoms with van der Waals surface area (Å²) in [5, 5.41) is 0. The molecule has 2 aromatic carbocycles. The fourth-order valence-electron chi connectivity index (χ4n) is 4.71. The zero-order chi connectivity index (χ0) is 30.2. The van der Waals surface area contributed by atoms with Crippen LogP contribution in [0.5, 0.6) is 0 Å². The van der Waals surface area contributed by atoms with Gasteiger partial charge in [0.25, 0.3) is 0 Å². The molecule has 1 aliphatic rings. The second-order valence-corrected chi connectivity index (χ2v) is 12.2. The lowest BCUT2D eigenvalue weighted by Gasteiger charge is -2.21. The molecule has 0 heterocycles. The molecule has 0 bridgehead atoms. The molecule has 0 aliphatic heterocycles. The van der Waals surface area contributed by atoms with Crippen LogP contribution in [0.2, 0.25) is 0 Å². The quantitative estimate of drug-likeness (QED) is 0.313. The summed E-state index contributed by atoms with van der Waals surface area (Å²) in [6, 6.07) is 16.2. The van der Waals surface area contributed by atoms with Crippen LogP contribution in [0, 0.1) is 5.41 Å². The third kappa shape index (κ3) is 12.9. The molecule has 0 atom stereocenters. The van der Waals surface area contributed by atoms with E-state index in [2.05, 4.69) is 116 Å². The number of rotatable bonds is 7. The van der Waals surface area contributed by atoms with E-state index in [1.54, 1.807) is 6.08 Å². The minimum Gasteiger partial charge on any atom is -0.103 e. The average molecular weight is 529 g/mol. The fourth-order valence-corrected chi connectivity index (χ4v) is 4.71. The Morgan fingerprint density at radius 3 is 2.00 bits per heavy atom. The van der Waals surface area contributed by atoms with Gasteiger partial charge < -0.3 is 0 Å². The van der Waals surface area contributed by atoms with Crippen LogP contribution < -0.4 is 0 Å². The lowest BCUT2D eigenvalue weighted by Crippen LogP contribution is -2.11. The van der Waals surface area contributed by atoms with E-state index in [1.165, 1.54) is 51.0 Å². The summed E-state index contributed by atoms with van der Waals surface area (Å²) in [7, 11) is 0. The van der Waals surface area contributed by atoms with Gasteiger partial charge in [-0.2, -0.15) is 0 Å². The van der Waals surface area contributed by atoms with Crippen molar-refractivity contribution in [2.45, 2.75) is 121 Å². The maximum absolute atomic E-state index is 4.38. The first-order valence-corrected chi connectivity index (χ1v) is 15.2. The van der Waals surface area contributed by atoms with Crippen LogP contribution in [0.25, 0.3) is 11.1 Å². The Hall–Kier alpha value is -2.60. The Morgan fingerprint density at radius 2 is 1.46 bits per heavy atom. The smallest absolute Gasteiger partial charge is 0.00138 e. The Balaban J connectivity index is 0.00000189. The molecule has 0 aromatic heterocycles. The van der Waals surface area contributed by atoms with Gasteiger partial charge in [-0.1, -0.05) is 155 Å². The van der Waals surface area contributed by atoms with Crippen molar-refractivity contribution in [2.75, 3.05) is 0 Å². The predicted molar refractivity (Wildman–Crippen MR) is 182 cm³/mol.